The van der Waals surface area contributed by atoms with Gasteiger partial charge in [0.05, 0.1) is 29.7 Å². The number of hydrogen-bond donors (Lipinski definition) is 1. The Labute approximate surface area is 229 Å². The maximum absolute atomic E-state index is 13.4. The predicted octanol–water partition coefficient (Wildman–Crippen LogP) is 2.92. The van der Waals surface area contributed by atoms with Crippen LogP contribution in [0, 0.1) is 6.92 Å². The van der Waals surface area contributed by atoms with Crippen LogP contribution in [0.2, 0.25) is 0 Å². The highest BCUT2D eigenvalue weighted by Gasteiger charge is 2.46. The lowest BCUT2D eigenvalue weighted by Crippen LogP contribution is -2.42. The molecule has 5 rings (SSSR count). The molecule has 2 aromatic carbocycles. The van der Waals surface area contributed by atoms with Gasteiger partial charge in [0.25, 0.3) is 11.7 Å². The van der Waals surface area contributed by atoms with Gasteiger partial charge in [-0.1, -0.05) is 48.4 Å². The number of amides is 1. The molecule has 208 valence electrons. The zero-order chi connectivity index (χ0) is 27.6. The fourth-order valence-corrected chi connectivity index (χ4v) is 7.06. The molecule has 1 atom stereocenters. The summed E-state index contributed by atoms with van der Waals surface area (Å²) in [6, 6.07) is 12.8. The SMILES string of the molecule is Cc1ccc(C2C(=C(O)c3cccc(S(=O)(=O)N4CCCCC4)c3)C(=O)C(=O)N2CCN2CCOCC2)cc1. The molecule has 9 nitrogen and oxygen atoms in total. The zero-order valence-electron chi connectivity index (χ0n) is 22.2. The third-order valence-electron chi connectivity index (χ3n) is 7.75. The number of Topliss-reactive ketones (excluding diaryl/α,β-unsaturated/α-hetero) is 1. The van der Waals surface area contributed by atoms with E-state index in [2.05, 4.69) is 4.90 Å². The summed E-state index contributed by atoms with van der Waals surface area (Å²) in [5.74, 6) is -1.82. The average Bonchev–Trinajstić information content (AvgIpc) is 3.22. The van der Waals surface area contributed by atoms with Gasteiger partial charge in [0.2, 0.25) is 10.0 Å². The predicted molar refractivity (Wildman–Crippen MR) is 146 cm³/mol. The van der Waals surface area contributed by atoms with Crippen LogP contribution in [0.25, 0.3) is 5.76 Å². The summed E-state index contributed by atoms with van der Waals surface area (Å²) in [6.45, 7) is 6.49. The molecule has 0 aliphatic carbocycles. The van der Waals surface area contributed by atoms with Crippen molar-refractivity contribution >= 4 is 27.5 Å². The van der Waals surface area contributed by atoms with Gasteiger partial charge in [0, 0.05) is 44.8 Å². The minimum absolute atomic E-state index is 0.0293. The van der Waals surface area contributed by atoms with Crippen molar-refractivity contribution in [3.05, 3.63) is 70.8 Å². The van der Waals surface area contributed by atoms with E-state index in [1.54, 1.807) is 12.1 Å². The summed E-state index contributed by atoms with van der Waals surface area (Å²) in [7, 11) is -3.75. The first-order valence-corrected chi connectivity index (χ1v) is 15.0. The number of aliphatic hydroxyl groups excluding tert-OH is 1. The van der Waals surface area contributed by atoms with Gasteiger partial charge >= 0.3 is 0 Å². The van der Waals surface area contributed by atoms with Crippen LogP contribution in [-0.2, 0) is 24.3 Å². The van der Waals surface area contributed by atoms with Crippen LogP contribution in [0.5, 0.6) is 0 Å². The molecule has 3 heterocycles. The Morgan fingerprint density at radius 2 is 1.64 bits per heavy atom. The molecule has 3 saturated heterocycles. The Hall–Kier alpha value is -3.05. The minimum atomic E-state index is -3.75. The molecule has 0 radical (unpaired) electrons. The molecular formula is C29H35N3O6S. The van der Waals surface area contributed by atoms with E-state index in [0.29, 0.717) is 45.0 Å². The summed E-state index contributed by atoms with van der Waals surface area (Å²) in [5.41, 5.74) is 1.90. The van der Waals surface area contributed by atoms with Crippen molar-refractivity contribution in [1.29, 1.82) is 0 Å². The number of carbonyl (C=O) groups excluding carboxylic acids is 2. The van der Waals surface area contributed by atoms with Crippen LogP contribution in [0.4, 0.5) is 0 Å². The first-order valence-electron chi connectivity index (χ1n) is 13.5. The fraction of sp³-hybridized carbons (Fsp3) is 0.448. The van der Waals surface area contributed by atoms with E-state index in [1.807, 2.05) is 31.2 Å². The molecule has 0 bridgehead atoms. The number of rotatable bonds is 7. The summed E-state index contributed by atoms with van der Waals surface area (Å²) in [4.78, 5) is 30.4. The number of ketones is 1. The first-order chi connectivity index (χ1) is 18.8. The van der Waals surface area contributed by atoms with Gasteiger partial charge in [-0.15, -0.1) is 0 Å². The molecule has 0 spiro atoms. The van der Waals surface area contributed by atoms with Gasteiger partial charge in [-0.3, -0.25) is 14.5 Å². The maximum Gasteiger partial charge on any atom is 0.295 e. The lowest BCUT2D eigenvalue weighted by Gasteiger charge is -2.31. The lowest BCUT2D eigenvalue weighted by atomic mass is 9.95. The lowest BCUT2D eigenvalue weighted by molar-refractivity contribution is -0.140. The number of likely N-dealkylation sites (tertiary alicyclic amines) is 1. The van der Waals surface area contributed by atoms with Crippen LogP contribution in [0.15, 0.2) is 59.0 Å². The normalized spacial score (nSPS) is 22.9. The van der Waals surface area contributed by atoms with Gasteiger partial charge in [-0.05, 0) is 37.5 Å². The Kier molecular flexibility index (Phi) is 8.18. The van der Waals surface area contributed by atoms with Crippen molar-refractivity contribution in [2.75, 3.05) is 52.5 Å². The van der Waals surface area contributed by atoms with E-state index >= 15 is 0 Å². The van der Waals surface area contributed by atoms with E-state index in [-0.39, 0.29) is 21.8 Å². The first kappa shape index (κ1) is 27.5. The highest BCUT2D eigenvalue weighted by atomic mass is 32.2. The Morgan fingerprint density at radius 1 is 0.949 bits per heavy atom. The molecule has 3 aliphatic heterocycles. The Morgan fingerprint density at radius 3 is 2.33 bits per heavy atom. The van der Waals surface area contributed by atoms with Crippen molar-refractivity contribution < 1.29 is 27.9 Å². The molecule has 3 aliphatic rings. The van der Waals surface area contributed by atoms with Gasteiger partial charge in [-0.25, -0.2) is 8.42 Å². The average molecular weight is 554 g/mol. The van der Waals surface area contributed by atoms with Gasteiger partial charge < -0.3 is 14.7 Å². The number of ether oxygens (including phenoxy) is 1. The quantitative estimate of drug-likeness (QED) is 0.319. The van der Waals surface area contributed by atoms with Crippen LogP contribution >= 0.6 is 0 Å². The Balaban J connectivity index is 1.52. The molecule has 1 unspecified atom stereocenters. The smallest absolute Gasteiger partial charge is 0.295 e. The van der Waals surface area contributed by atoms with Crippen molar-refractivity contribution in [3.8, 4) is 0 Å². The highest BCUT2D eigenvalue weighted by Crippen LogP contribution is 2.39. The number of carbonyl (C=O) groups is 2. The second-order valence-corrected chi connectivity index (χ2v) is 12.3. The van der Waals surface area contributed by atoms with E-state index in [0.717, 1.165) is 37.9 Å². The number of aryl methyl sites for hydroxylation is 1. The molecule has 1 amide bonds. The van der Waals surface area contributed by atoms with Crippen molar-refractivity contribution in [2.45, 2.75) is 37.1 Å². The van der Waals surface area contributed by atoms with E-state index in [9.17, 15) is 23.1 Å². The van der Waals surface area contributed by atoms with E-state index < -0.39 is 27.8 Å². The molecule has 0 saturated carbocycles. The highest BCUT2D eigenvalue weighted by molar-refractivity contribution is 7.89. The summed E-state index contributed by atoms with van der Waals surface area (Å²) in [6.07, 6.45) is 2.62. The summed E-state index contributed by atoms with van der Waals surface area (Å²) in [5, 5.41) is 11.5. The number of hydrogen-bond acceptors (Lipinski definition) is 7. The number of nitrogens with zero attached hydrogens (tertiary/aromatic N) is 3. The molecule has 39 heavy (non-hydrogen) atoms. The number of sulfonamides is 1. The van der Waals surface area contributed by atoms with Gasteiger partial charge in [-0.2, -0.15) is 4.31 Å². The van der Waals surface area contributed by atoms with Gasteiger partial charge in [0.1, 0.15) is 5.76 Å². The van der Waals surface area contributed by atoms with Crippen molar-refractivity contribution in [1.82, 2.24) is 14.1 Å². The molecular weight excluding hydrogens is 518 g/mol. The monoisotopic (exact) mass is 553 g/mol. The zero-order valence-corrected chi connectivity index (χ0v) is 23.0. The molecule has 2 aromatic rings. The molecule has 10 heteroatoms. The number of piperidine rings is 1. The standard InChI is InChI=1S/C29H35N3O6S/c1-21-8-10-22(11-9-21)26-25(28(34)29(35)32(26)15-14-30-16-18-38-19-17-30)27(33)23-6-5-7-24(20-23)39(36,37)31-12-3-2-4-13-31/h5-11,20,26,33H,2-4,12-19H2,1H3. The third kappa shape index (κ3) is 5.65. The minimum Gasteiger partial charge on any atom is -0.507 e. The van der Waals surface area contributed by atoms with Crippen LogP contribution < -0.4 is 0 Å². The topological polar surface area (TPSA) is 107 Å². The largest absolute Gasteiger partial charge is 0.507 e. The number of morpholine rings is 1. The Bertz CT molecular complexity index is 1360. The fourth-order valence-electron chi connectivity index (χ4n) is 5.49. The number of benzene rings is 2. The van der Waals surface area contributed by atoms with Gasteiger partial charge in [0.15, 0.2) is 0 Å². The second-order valence-electron chi connectivity index (χ2n) is 10.3. The third-order valence-corrected chi connectivity index (χ3v) is 9.65. The van der Waals surface area contributed by atoms with E-state index in [1.165, 1.54) is 21.3 Å². The maximum atomic E-state index is 13.4. The van der Waals surface area contributed by atoms with Crippen LogP contribution in [0.3, 0.4) is 0 Å². The van der Waals surface area contributed by atoms with Crippen LogP contribution in [-0.4, -0.2) is 91.8 Å². The van der Waals surface area contributed by atoms with Crippen molar-refractivity contribution in [3.63, 3.8) is 0 Å². The van der Waals surface area contributed by atoms with Crippen LogP contribution in [0.1, 0.15) is 42.0 Å². The number of aliphatic hydroxyl groups is 1. The summed E-state index contributed by atoms with van der Waals surface area (Å²) < 4.78 is 33.5. The van der Waals surface area contributed by atoms with E-state index in [4.69, 9.17) is 4.74 Å². The van der Waals surface area contributed by atoms with Crippen molar-refractivity contribution in [2.24, 2.45) is 0 Å². The summed E-state index contributed by atoms with van der Waals surface area (Å²) >= 11 is 0. The molecule has 3 fully saturated rings. The second kappa shape index (κ2) is 11.6. The molecule has 0 aromatic heterocycles. The molecule has 1 N–H and O–H groups in total.